The fourth-order valence-electron chi connectivity index (χ4n) is 6.27. The first kappa shape index (κ1) is 24.5. The Bertz CT molecular complexity index is 1240. The molecule has 2 aromatic rings. The van der Waals surface area contributed by atoms with Gasteiger partial charge in [-0.3, -0.25) is 9.59 Å². The average Bonchev–Trinajstić information content (AvgIpc) is 2.77. The van der Waals surface area contributed by atoms with Gasteiger partial charge in [0.25, 0.3) is 0 Å². The lowest BCUT2D eigenvalue weighted by molar-refractivity contribution is -0.119. The molecule has 4 heteroatoms. The minimum absolute atomic E-state index is 0.134. The monoisotopic (exact) mass is 482 g/mol. The summed E-state index contributed by atoms with van der Waals surface area (Å²) in [4.78, 5) is 32.2. The van der Waals surface area contributed by atoms with Gasteiger partial charge in [-0.2, -0.15) is 0 Å². The predicted octanol–water partition coefficient (Wildman–Crippen LogP) is 6.95. The molecule has 0 saturated heterocycles. The summed E-state index contributed by atoms with van der Waals surface area (Å²) in [5, 5.41) is 0. The fourth-order valence-corrected chi connectivity index (χ4v) is 6.27. The van der Waals surface area contributed by atoms with Crippen molar-refractivity contribution in [2.45, 2.75) is 66.2 Å². The normalized spacial score (nSPS) is 21.5. The van der Waals surface area contributed by atoms with Crippen LogP contribution in [-0.2, 0) is 9.59 Å². The molecule has 2 aromatic carbocycles. The van der Waals surface area contributed by atoms with Crippen molar-refractivity contribution in [3.63, 3.8) is 0 Å². The van der Waals surface area contributed by atoms with Crippen molar-refractivity contribution < 1.29 is 9.59 Å². The molecule has 0 spiro atoms. The van der Waals surface area contributed by atoms with Crippen molar-refractivity contribution in [1.82, 2.24) is 0 Å². The van der Waals surface area contributed by atoms with Crippen LogP contribution in [0.3, 0.4) is 0 Å². The molecule has 0 amide bonds. The molecule has 0 aromatic heterocycles. The number of hydrogen-bond acceptors (Lipinski definition) is 4. The van der Waals surface area contributed by atoms with Gasteiger partial charge in [-0.25, -0.2) is 0 Å². The van der Waals surface area contributed by atoms with Crippen molar-refractivity contribution >= 4 is 22.9 Å². The Kier molecular flexibility index (Phi) is 5.77. The second kappa shape index (κ2) is 8.47. The summed E-state index contributed by atoms with van der Waals surface area (Å²) < 4.78 is 0. The van der Waals surface area contributed by atoms with Crippen molar-refractivity contribution in [1.29, 1.82) is 0 Å². The molecule has 5 rings (SSSR count). The zero-order chi connectivity index (χ0) is 26.0. The molecular formula is C32H38N2O2. The van der Waals surface area contributed by atoms with Crippen LogP contribution >= 0.6 is 0 Å². The predicted molar refractivity (Wildman–Crippen MR) is 147 cm³/mol. The maximum atomic E-state index is 13.9. The van der Waals surface area contributed by atoms with Crippen molar-refractivity contribution in [3.8, 4) is 0 Å². The Morgan fingerprint density at radius 3 is 1.64 bits per heavy atom. The molecule has 2 aliphatic carbocycles. The third kappa shape index (κ3) is 4.21. The molecule has 0 saturated carbocycles. The highest BCUT2D eigenvalue weighted by atomic mass is 16.1. The summed E-state index contributed by atoms with van der Waals surface area (Å²) in [6.45, 7) is 10.8. The van der Waals surface area contributed by atoms with Crippen LogP contribution in [0.5, 0.6) is 0 Å². The Morgan fingerprint density at radius 2 is 1.19 bits per heavy atom. The third-order valence-corrected chi connectivity index (χ3v) is 7.95. The number of anilines is 2. The van der Waals surface area contributed by atoms with E-state index >= 15 is 0 Å². The molecule has 0 bridgehead atoms. The molecule has 4 nitrogen and oxygen atoms in total. The van der Waals surface area contributed by atoms with Gasteiger partial charge in [0.05, 0.1) is 0 Å². The van der Waals surface area contributed by atoms with Gasteiger partial charge in [0.15, 0.2) is 11.6 Å². The van der Waals surface area contributed by atoms with E-state index in [1.54, 1.807) is 0 Å². The first-order chi connectivity index (χ1) is 16.9. The molecule has 0 radical (unpaired) electrons. The van der Waals surface area contributed by atoms with E-state index in [2.05, 4.69) is 92.9 Å². The van der Waals surface area contributed by atoms with E-state index in [0.717, 1.165) is 52.3 Å². The Hall–Kier alpha value is -3.14. The molecule has 188 valence electrons. The summed E-state index contributed by atoms with van der Waals surface area (Å²) in [6.07, 6.45) is 2.61. The van der Waals surface area contributed by atoms with Gasteiger partial charge < -0.3 is 9.80 Å². The van der Waals surface area contributed by atoms with E-state index in [1.165, 1.54) is 5.56 Å². The molecule has 1 aliphatic heterocycles. The number of hydrogen-bond donors (Lipinski definition) is 0. The summed E-state index contributed by atoms with van der Waals surface area (Å²) in [5.74, 6) is 0.0357. The van der Waals surface area contributed by atoms with Gasteiger partial charge in [0.1, 0.15) is 0 Å². The molecule has 0 unspecified atom stereocenters. The second-order valence-electron chi connectivity index (χ2n) is 12.7. The Balaban J connectivity index is 1.79. The number of allylic oxidation sites excluding steroid dienone is 4. The third-order valence-electron chi connectivity index (χ3n) is 7.95. The highest BCUT2D eigenvalue weighted by Gasteiger charge is 2.49. The quantitative estimate of drug-likeness (QED) is 0.475. The van der Waals surface area contributed by atoms with Crippen molar-refractivity contribution in [2.75, 3.05) is 23.9 Å². The highest BCUT2D eigenvalue weighted by Crippen LogP contribution is 2.55. The minimum Gasteiger partial charge on any atom is -0.378 e. The molecule has 36 heavy (non-hydrogen) atoms. The van der Waals surface area contributed by atoms with Gasteiger partial charge in [-0.15, -0.1) is 0 Å². The zero-order valence-electron chi connectivity index (χ0n) is 22.7. The number of Topliss-reactive ketones (excluding diaryl/α,β-unsaturated/α-hetero) is 2. The zero-order valence-corrected chi connectivity index (χ0v) is 22.7. The van der Waals surface area contributed by atoms with E-state index < -0.39 is 0 Å². The van der Waals surface area contributed by atoms with Crippen LogP contribution in [-0.4, -0.2) is 25.7 Å². The van der Waals surface area contributed by atoms with E-state index in [9.17, 15) is 9.59 Å². The van der Waals surface area contributed by atoms with Gasteiger partial charge in [-0.1, -0.05) is 57.5 Å². The van der Waals surface area contributed by atoms with Gasteiger partial charge in [0, 0.05) is 66.8 Å². The first-order valence-corrected chi connectivity index (χ1v) is 13.0. The lowest BCUT2D eigenvalue weighted by atomic mass is 9.63. The fraction of sp³-hybridized carbons (Fsp3) is 0.438. The van der Waals surface area contributed by atoms with Crippen LogP contribution in [0.25, 0.3) is 0 Å². The lowest BCUT2D eigenvalue weighted by Gasteiger charge is -2.49. The Labute approximate surface area is 215 Å². The van der Waals surface area contributed by atoms with Crippen molar-refractivity contribution in [2.24, 2.45) is 10.8 Å². The van der Waals surface area contributed by atoms with Crippen molar-refractivity contribution in [3.05, 3.63) is 82.2 Å². The largest absolute Gasteiger partial charge is 0.378 e. The van der Waals surface area contributed by atoms with E-state index in [1.807, 2.05) is 14.1 Å². The number of carbonyl (C=O) groups is 2. The Morgan fingerprint density at radius 1 is 0.722 bits per heavy atom. The highest BCUT2D eigenvalue weighted by molar-refractivity contribution is 6.08. The molecular weight excluding hydrogens is 444 g/mol. The molecule has 0 atom stereocenters. The SMILES string of the molecule is Cc1ccc(N2C3=C(C(=O)CC(C)(C)C3)C(c3ccc(N(C)C)cc3)C3=C2CC(C)(C)CC3=O)cc1. The van der Waals surface area contributed by atoms with Crippen LogP contribution < -0.4 is 9.80 Å². The summed E-state index contributed by atoms with van der Waals surface area (Å²) in [6, 6.07) is 16.9. The lowest BCUT2D eigenvalue weighted by Crippen LogP contribution is -2.44. The van der Waals surface area contributed by atoms with E-state index in [0.29, 0.717) is 12.8 Å². The number of benzene rings is 2. The summed E-state index contributed by atoms with van der Waals surface area (Å²) in [5.41, 5.74) is 7.89. The minimum atomic E-state index is -0.305. The van der Waals surface area contributed by atoms with E-state index in [4.69, 9.17) is 0 Å². The van der Waals surface area contributed by atoms with Crippen LogP contribution in [0, 0.1) is 17.8 Å². The molecule has 0 fully saturated rings. The second-order valence-corrected chi connectivity index (χ2v) is 12.7. The number of carbonyl (C=O) groups excluding carboxylic acids is 2. The summed E-state index contributed by atoms with van der Waals surface area (Å²) >= 11 is 0. The van der Waals surface area contributed by atoms with E-state index in [-0.39, 0.29) is 28.3 Å². The van der Waals surface area contributed by atoms with Gasteiger partial charge in [0.2, 0.25) is 0 Å². The van der Waals surface area contributed by atoms with Crippen LogP contribution in [0.4, 0.5) is 11.4 Å². The summed E-state index contributed by atoms with van der Waals surface area (Å²) in [7, 11) is 4.05. The molecule has 1 heterocycles. The van der Waals surface area contributed by atoms with Gasteiger partial charge >= 0.3 is 0 Å². The number of rotatable bonds is 3. The smallest absolute Gasteiger partial charge is 0.162 e. The maximum absolute atomic E-state index is 13.9. The molecule has 3 aliphatic rings. The average molecular weight is 483 g/mol. The van der Waals surface area contributed by atoms with Crippen LogP contribution in [0.1, 0.15) is 70.4 Å². The topological polar surface area (TPSA) is 40.6 Å². The van der Waals surface area contributed by atoms with Crippen LogP contribution in [0.15, 0.2) is 71.1 Å². The maximum Gasteiger partial charge on any atom is 0.162 e. The van der Waals surface area contributed by atoms with Crippen LogP contribution in [0.2, 0.25) is 0 Å². The first-order valence-electron chi connectivity index (χ1n) is 13.0. The number of ketones is 2. The van der Waals surface area contributed by atoms with Gasteiger partial charge in [-0.05, 0) is 60.4 Å². The number of aryl methyl sites for hydroxylation is 1. The molecule has 0 N–H and O–H groups in total. The number of nitrogens with zero attached hydrogens (tertiary/aromatic N) is 2. The standard InChI is InChI=1S/C32H38N2O2/c1-20-8-12-23(13-9-20)34-24-16-31(2,3)18-26(35)29(24)28(21-10-14-22(15-11-21)33(6)7)30-25(34)17-32(4,5)19-27(30)36/h8-15,28H,16-19H2,1-7H3.